The molecule has 2 aromatic rings. The highest BCUT2D eigenvalue weighted by Crippen LogP contribution is 2.37. The van der Waals surface area contributed by atoms with Gasteiger partial charge in [0.05, 0.1) is 14.2 Å². The lowest BCUT2D eigenvalue weighted by Crippen LogP contribution is -2.41. The fourth-order valence-electron chi connectivity index (χ4n) is 3.21. The van der Waals surface area contributed by atoms with Crippen molar-refractivity contribution in [2.75, 3.05) is 20.8 Å². The van der Waals surface area contributed by atoms with Crippen molar-refractivity contribution in [1.29, 1.82) is 0 Å². The average Bonchev–Trinajstić information content (AvgIpc) is 3.12. The molecule has 28 heavy (non-hydrogen) atoms. The van der Waals surface area contributed by atoms with Crippen LogP contribution in [0.5, 0.6) is 17.2 Å². The van der Waals surface area contributed by atoms with Crippen LogP contribution in [-0.4, -0.2) is 53.6 Å². The average molecular weight is 385 g/mol. The van der Waals surface area contributed by atoms with Crippen molar-refractivity contribution in [3.05, 3.63) is 47.8 Å². The van der Waals surface area contributed by atoms with Crippen LogP contribution in [-0.2, 0) is 11.3 Å². The van der Waals surface area contributed by atoms with Crippen molar-refractivity contribution in [3.63, 3.8) is 0 Å². The van der Waals surface area contributed by atoms with Crippen molar-refractivity contribution in [2.45, 2.75) is 25.4 Å². The van der Waals surface area contributed by atoms with Crippen LogP contribution in [0.2, 0.25) is 0 Å². The van der Waals surface area contributed by atoms with Gasteiger partial charge in [-0.3, -0.25) is 14.6 Å². The molecule has 1 aromatic carbocycles. The van der Waals surface area contributed by atoms with Crippen LogP contribution in [0.25, 0.3) is 0 Å². The van der Waals surface area contributed by atoms with Gasteiger partial charge >= 0.3 is 0 Å². The maximum Gasteiger partial charge on any atom is 0.254 e. The summed E-state index contributed by atoms with van der Waals surface area (Å²) in [7, 11) is 2.81. The third kappa shape index (κ3) is 4.33. The number of aromatic hydroxyl groups is 1. The van der Waals surface area contributed by atoms with Gasteiger partial charge in [-0.25, -0.2) is 0 Å². The lowest BCUT2D eigenvalue weighted by atomic mass is 10.1. The highest BCUT2D eigenvalue weighted by atomic mass is 16.5. The zero-order valence-electron chi connectivity index (χ0n) is 15.8. The quantitative estimate of drug-likeness (QED) is 0.753. The van der Waals surface area contributed by atoms with Gasteiger partial charge in [-0.05, 0) is 30.2 Å². The molecule has 2 amide bonds. The SMILES string of the molecule is COc1cc(C(=O)N(Cc2cccnc2)C[C@@H]2CCC(=O)N2)cc(OC)c1O. The van der Waals surface area contributed by atoms with Crippen molar-refractivity contribution in [2.24, 2.45) is 0 Å². The van der Waals surface area contributed by atoms with Crippen LogP contribution in [0.3, 0.4) is 0 Å². The number of carbonyl (C=O) groups excluding carboxylic acids is 2. The van der Waals surface area contributed by atoms with Crippen LogP contribution in [0.4, 0.5) is 0 Å². The lowest BCUT2D eigenvalue weighted by Gasteiger charge is -2.26. The molecule has 148 valence electrons. The fourth-order valence-corrected chi connectivity index (χ4v) is 3.21. The number of methoxy groups -OCH3 is 2. The molecule has 0 saturated carbocycles. The van der Waals surface area contributed by atoms with Crippen LogP contribution in [0.1, 0.15) is 28.8 Å². The van der Waals surface area contributed by atoms with Gasteiger partial charge in [0.25, 0.3) is 5.91 Å². The Balaban J connectivity index is 1.90. The first kappa shape index (κ1) is 19.5. The lowest BCUT2D eigenvalue weighted by molar-refractivity contribution is -0.119. The fraction of sp³-hybridized carbons (Fsp3) is 0.350. The van der Waals surface area contributed by atoms with E-state index in [0.29, 0.717) is 31.5 Å². The van der Waals surface area contributed by atoms with E-state index in [1.165, 1.54) is 26.4 Å². The Bertz CT molecular complexity index is 831. The van der Waals surface area contributed by atoms with Gasteiger partial charge in [0.2, 0.25) is 11.7 Å². The van der Waals surface area contributed by atoms with Gasteiger partial charge in [-0.2, -0.15) is 0 Å². The summed E-state index contributed by atoms with van der Waals surface area (Å²) in [6.45, 7) is 0.704. The van der Waals surface area contributed by atoms with Gasteiger partial charge in [0.15, 0.2) is 11.5 Å². The van der Waals surface area contributed by atoms with E-state index >= 15 is 0 Å². The molecule has 3 rings (SSSR count). The molecule has 0 bridgehead atoms. The number of benzene rings is 1. The Morgan fingerprint density at radius 2 is 2.04 bits per heavy atom. The standard InChI is InChI=1S/C20H23N3O5/c1-27-16-8-14(9-17(28-2)19(16)25)20(26)23(11-13-4-3-7-21-10-13)12-15-5-6-18(24)22-15/h3-4,7-10,15,25H,5-6,11-12H2,1-2H3,(H,22,24)/t15-/m0/s1. The summed E-state index contributed by atoms with van der Waals surface area (Å²) >= 11 is 0. The topological polar surface area (TPSA) is 101 Å². The van der Waals surface area contributed by atoms with Crippen LogP contribution < -0.4 is 14.8 Å². The number of hydrogen-bond acceptors (Lipinski definition) is 6. The minimum atomic E-state index is -0.262. The van der Waals surface area contributed by atoms with Gasteiger partial charge in [0, 0.05) is 43.5 Å². The zero-order chi connectivity index (χ0) is 20.1. The second kappa shape index (κ2) is 8.60. The van der Waals surface area contributed by atoms with Crippen molar-refractivity contribution >= 4 is 11.8 Å². The van der Waals surface area contributed by atoms with Crippen molar-refractivity contribution in [1.82, 2.24) is 15.2 Å². The first-order chi connectivity index (χ1) is 13.5. The summed E-state index contributed by atoms with van der Waals surface area (Å²) in [5.74, 6) is -0.131. The first-order valence-corrected chi connectivity index (χ1v) is 8.94. The molecule has 8 nitrogen and oxygen atoms in total. The second-order valence-electron chi connectivity index (χ2n) is 6.58. The molecule has 1 fully saturated rings. The summed E-state index contributed by atoms with van der Waals surface area (Å²) in [4.78, 5) is 30.6. The molecule has 2 N–H and O–H groups in total. The van der Waals surface area contributed by atoms with E-state index in [1.807, 2.05) is 12.1 Å². The molecule has 1 aliphatic heterocycles. The molecule has 8 heteroatoms. The Labute approximate surface area is 163 Å². The minimum Gasteiger partial charge on any atom is -0.502 e. The number of ether oxygens (including phenoxy) is 2. The Morgan fingerprint density at radius 1 is 1.32 bits per heavy atom. The van der Waals surface area contributed by atoms with E-state index < -0.39 is 0 Å². The number of pyridine rings is 1. The minimum absolute atomic E-state index is 0.00764. The molecule has 0 unspecified atom stereocenters. The monoisotopic (exact) mass is 385 g/mol. The highest BCUT2D eigenvalue weighted by Gasteiger charge is 2.27. The Hall–Kier alpha value is -3.29. The molecule has 0 radical (unpaired) electrons. The Morgan fingerprint density at radius 3 is 2.57 bits per heavy atom. The van der Waals surface area contributed by atoms with E-state index in [9.17, 15) is 14.7 Å². The van der Waals surface area contributed by atoms with Crippen LogP contribution in [0, 0.1) is 0 Å². The first-order valence-electron chi connectivity index (χ1n) is 8.94. The number of rotatable bonds is 7. The van der Waals surface area contributed by atoms with E-state index in [1.54, 1.807) is 17.3 Å². The molecule has 1 saturated heterocycles. The smallest absolute Gasteiger partial charge is 0.254 e. The van der Waals surface area contributed by atoms with Crippen LogP contribution >= 0.6 is 0 Å². The third-order valence-electron chi connectivity index (χ3n) is 4.64. The number of nitrogens with zero attached hydrogens (tertiary/aromatic N) is 2. The zero-order valence-corrected chi connectivity index (χ0v) is 15.8. The summed E-state index contributed by atoms with van der Waals surface area (Å²) in [5, 5.41) is 13.0. The predicted octanol–water partition coefficient (Wildman–Crippen LogP) is 1.73. The largest absolute Gasteiger partial charge is 0.502 e. The molecule has 0 aliphatic carbocycles. The number of phenolic OH excluding ortho intramolecular Hbond substituents is 1. The molecular weight excluding hydrogens is 362 g/mol. The van der Waals surface area contributed by atoms with E-state index in [-0.39, 0.29) is 35.1 Å². The molecular formula is C20H23N3O5. The summed E-state index contributed by atoms with van der Waals surface area (Å²) in [6, 6.07) is 6.54. The molecule has 0 spiro atoms. The Kier molecular flexibility index (Phi) is 5.98. The third-order valence-corrected chi connectivity index (χ3v) is 4.64. The van der Waals surface area contributed by atoms with E-state index in [0.717, 1.165) is 5.56 Å². The molecule has 1 atom stereocenters. The van der Waals surface area contributed by atoms with Gasteiger partial charge in [-0.15, -0.1) is 0 Å². The summed E-state index contributed by atoms with van der Waals surface area (Å²) in [5.41, 5.74) is 1.19. The van der Waals surface area contributed by atoms with Gasteiger partial charge in [0.1, 0.15) is 0 Å². The molecule has 1 aliphatic rings. The van der Waals surface area contributed by atoms with Crippen molar-refractivity contribution in [3.8, 4) is 17.2 Å². The molecule has 2 heterocycles. The number of carbonyl (C=O) groups is 2. The maximum atomic E-state index is 13.3. The van der Waals surface area contributed by atoms with Gasteiger partial charge < -0.3 is 24.8 Å². The van der Waals surface area contributed by atoms with Crippen LogP contribution in [0.15, 0.2) is 36.7 Å². The number of phenols is 1. The number of amides is 2. The summed E-state index contributed by atoms with van der Waals surface area (Å²) in [6.07, 6.45) is 4.51. The highest BCUT2D eigenvalue weighted by molar-refractivity contribution is 5.95. The number of nitrogens with one attached hydrogen (secondary N) is 1. The normalized spacial score (nSPS) is 15.8. The second-order valence-corrected chi connectivity index (χ2v) is 6.58. The van der Waals surface area contributed by atoms with Gasteiger partial charge in [-0.1, -0.05) is 6.07 Å². The van der Waals surface area contributed by atoms with E-state index in [4.69, 9.17) is 9.47 Å². The molecule has 1 aromatic heterocycles. The van der Waals surface area contributed by atoms with E-state index in [2.05, 4.69) is 10.3 Å². The number of hydrogen-bond donors (Lipinski definition) is 2. The number of aromatic nitrogens is 1. The van der Waals surface area contributed by atoms with Crippen molar-refractivity contribution < 1.29 is 24.2 Å². The summed E-state index contributed by atoms with van der Waals surface area (Å²) < 4.78 is 10.3. The maximum absolute atomic E-state index is 13.3. The predicted molar refractivity (Wildman–Crippen MR) is 101 cm³/mol.